The molecule has 0 amide bonds. The summed E-state index contributed by atoms with van der Waals surface area (Å²) in [6, 6.07) is 2.30. The SMILES string of the molecule is CCN(CC)C(C#N)CC(C)(C)OC. The van der Waals surface area contributed by atoms with Crippen molar-refractivity contribution in [1.29, 1.82) is 5.26 Å². The third-order valence-corrected chi connectivity index (χ3v) is 2.64. The Kier molecular flexibility index (Phi) is 5.75. The first-order chi connectivity index (χ1) is 6.50. The molecule has 0 fully saturated rings. The first kappa shape index (κ1) is 13.4. The van der Waals surface area contributed by atoms with Crippen LogP contribution in [0.3, 0.4) is 0 Å². The van der Waals surface area contributed by atoms with Gasteiger partial charge in [0.05, 0.1) is 11.7 Å². The third-order valence-electron chi connectivity index (χ3n) is 2.64. The topological polar surface area (TPSA) is 36.3 Å². The van der Waals surface area contributed by atoms with Crippen LogP contribution < -0.4 is 0 Å². The summed E-state index contributed by atoms with van der Waals surface area (Å²) < 4.78 is 5.33. The van der Waals surface area contributed by atoms with Crippen LogP contribution in [0.2, 0.25) is 0 Å². The summed E-state index contributed by atoms with van der Waals surface area (Å²) in [4.78, 5) is 2.15. The molecule has 0 aromatic carbocycles. The van der Waals surface area contributed by atoms with Crippen molar-refractivity contribution in [1.82, 2.24) is 4.90 Å². The van der Waals surface area contributed by atoms with Gasteiger partial charge < -0.3 is 4.74 Å². The van der Waals surface area contributed by atoms with Gasteiger partial charge in [-0.2, -0.15) is 5.26 Å². The fourth-order valence-corrected chi connectivity index (χ4v) is 1.47. The fourth-order valence-electron chi connectivity index (χ4n) is 1.47. The highest BCUT2D eigenvalue weighted by Crippen LogP contribution is 2.18. The number of hydrogen-bond acceptors (Lipinski definition) is 3. The molecule has 14 heavy (non-hydrogen) atoms. The predicted molar refractivity (Wildman–Crippen MR) is 58.0 cm³/mol. The number of methoxy groups -OCH3 is 1. The number of hydrogen-bond donors (Lipinski definition) is 0. The summed E-state index contributed by atoms with van der Waals surface area (Å²) in [5.74, 6) is 0. The molecule has 82 valence electrons. The van der Waals surface area contributed by atoms with Crippen molar-refractivity contribution >= 4 is 0 Å². The van der Waals surface area contributed by atoms with Gasteiger partial charge in [0.1, 0.15) is 6.04 Å². The Morgan fingerprint density at radius 1 is 1.36 bits per heavy atom. The van der Waals surface area contributed by atoms with Gasteiger partial charge in [0.15, 0.2) is 0 Å². The standard InChI is InChI=1S/C11H22N2O/c1-6-13(7-2)10(9-12)8-11(3,4)14-5/h10H,6-8H2,1-5H3. The molecule has 1 unspecified atom stereocenters. The Labute approximate surface area is 87.7 Å². The summed E-state index contributed by atoms with van der Waals surface area (Å²) in [6.07, 6.45) is 0.752. The first-order valence-electron chi connectivity index (χ1n) is 5.19. The van der Waals surface area contributed by atoms with E-state index in [4.69, 9.17) is 10.00 Å². The Hall–Kier alpha value is -0.590. The van der Waals surface area contributed by atoms with Crippen LogP contribution in [0.1, 0.15) is 34.1 Å². The zero-order valence-corrected chi connectivity index (χ0v) is 10.0. The molecule has 0 bridgehead atoms. The molecule has 0 aliphatic heterocycles. The monoisotopic (exact) mass is 198 g/mol. The van der Waals surface area contributed by atoms with Gasteiger partial charge in [-0.1, -0.05) is 13.8 Å². The molecule has 3 heteroatoms. The van der Waals surface area contributed by atoms with E-state index in [1.54, 1.807) is 7.11 Å². The summed E-state index contributed by atoms with van der Waals surface area (Å²) in [7, 11) is 1.69. The quantitative estimate of drug-likeness (QED) is 0.655. The maximum absolute atomic E-state index is 9.07. The minimum absolute atomic E-state index is 0.0417. The summed E-state index contributed by atoms with van der Waals surface area (Å²) >= 11 is 0. The second-order valence-corrected chi connectivity index (χ2v) is 4.03. The Balaban J connectivity index is 4.36. The highest BCUT2D eigenvalue weighted by atomic mass is 16.5. The Morgan fingerprint density at radius 3 is 2.14 bits per heavy atom. The fraction of sp³-hybridized carbons (Fsp3) is 0.909. The molecule has 1 atom stereocenters. The van der Waals surface area contributed by atoms with Crippen molar-refractivity contribution in [3.05, 3.63) is 0 Å². The van der Waals surface area contributed by atoms with E-state index in [0.717, 1.165) is 19.5 Å². The van der Waals surface area contributed by atoms with E-state index < -0.39 is 0 Å². The van der Waals surface area contributed by atoms with Crippen molar-refractivity contribution in [2.24, 2.45) is 0 Å². The lowest BCUT2D eigenvalue weighted by molar-refractivity contribution is -0.0000192. The largest absolute Gasteiger partial charge is 0.379 e. The average molecular weight is 198 g/mol. The molecule has 3 nitrogen and oxygen atoms in total. The van der Waals surface area contributed by atoms with Gasteiger partial charge in [-0.3, -0.25) is 4.90 Å². The average Bonchev–Trinajstić information content (AvgIpc) is 2.18. The molecule has 0 aromatic rings. The molecule has 0 saturated carbocycles. The zero-order chi connectivity index (χ0) is 11.2. The Morgan fingerprint density at radius 2 is 1.86 bits per heavy atom. The van der Waals surface area contributed by atoms with Gasteiger partial charge in [-0.25, -0.2) is 0 Å². The number of ether oxygens (including phenoxy) is 1. The molecule has 0 heterocycles. The first-order valence-corrected chi connectivity index (χ1v) is 5.19. The molecule has 0 radical (unpaired) electrons. The van der Waals surface area contributed by atoms with Crippen LogP contribution in [0.15, 0.2) is 0 Å². The lowest BCUT2D eigenvalue weighted by Crippen LogP contribution is -2.40. The van der Waals surface area contributed by atoms with Gasteiger partial charge in [0.25, 0.3) is 0 Å². The van der Waals surface area contributed by atoms with Gasteiger partial charge in [-0.15, -0.1) is 0 Å². The number of nitrogens with zero attached hydrogens (tertiary/aromatic N) is 2. The van der Waals surface area contributed by atoms with E-state index in [2.05, 4.69) is 24.8 Å². The minimum atomic E-state index is -0.219. The maximum atomic E-state index is 9.07. The number of rotatable bonds is 6. The van der Waals surface area contributed by atoms with Crippen LogP contribution in [0.5, 0.6) is 0 Å². The molecule has 0 aliphatic rings. The molecule has 0 aliphatic carbocycles. The van der Waals surface area contributed by atoms with Crippen molar-refractivity contribution in [3.8, 4) is 6.07 Å². The van der Waals surface area contributed by atoms with E-state index in [9.17, 15) is 0 Å². The lowest BCUT2D eigenvalue weighted by Gasteiger charge is -2.31. The third kappa shape index (κ3) is 4.08. The maximum Gasteiger partial charge on any atom is 0.100 e. The van der Waals surface area contributed by atoms with Crippen LogP contribution in [0, 0.1) is 11.3 Å². The normalized spacial score (nSPS) is 14.1. The van der Waals surface area contributed by atoms with E-state index >= 15 is 0 Å². The van der Waals surface area contributed by atoms with Crippen molar-refractivity contribution in [3.63, 3.8) is 0 Å². The van der Waals surface area contributed by atoms with Crippen LogP contribution >= 0.6 is 0 Å². The molecule has 0 N–H and O–H groups in total. The van der Waals surface area contributed by atoms with Crippen LogP contribution in [-0.2, 0) is 4.74 Å². The summed E-state index contributed by atoms with van der Waals surface area (Å²) in [5, 5.41) is 9.07. The lowest BCUT2D eigenvalue weighted by atomic mass is 9.98. The van der Waals surface area contributed by atoms with E-state index in [1.165, 1.54) is 0 Å². The second-order valence-electron chi connectivity index (χ2n) is 4.03. The van der Waals surface area contributed by atoms with E-state index in [1.807, 2.05) is 13.8 Å². The molecule has 0 aromatic heterocycles. The zero-order valence-electron chi connectivity index (χ0n) is 10.0. The smallest absolute Gasteiger partial charge is 0.100 e. The van der Waals surface area contributed by atoms with Crippen molar-refractivity contribution < 1.29 is 4.74 Å². The molecule has 0 rings (SSSR count). The number of nitriles is 1. The van der Waals surface area contributed by atoms with E-state index in [0.29, 0.717) is 0 Å². The van der Waals surface area contributed by atoms with Crippen LogP contribution in [0.4, 0.5) is 0 Å². The highest BCUT2D eigenvalue weighted by molar-refractivity contribution is 4.95. The van der Waals surface area contributed by atoms with E-state index in [-0.39, 0.29) is 11.6 Å². The molecular formula is C11H22N2O. The Bertz CT molecular complexity index is 192. The molecular weight excluding hydrogens is 176 g/mol. The van der Waals surface area contributed by atoms with Gasteiger partial charge in [-0.05, 0) is 26.9 Å². The minimum Gasteiger partial charge on any atom is -0.379 e. The summed E-state index contributed by atoms with van der Waals surface area (Å²) in [6.45, 7) is 10.0. The molecule has 0 spiro atoms. The summed E-state index contributed by atoms with van der Waals surface area (Å²) in [5.41, 5.74) is -0.219. The van der Waals surface area contributed by atoms with Crippen LogP contribution in [-0.4, -0.2) is 36.7 Å². The van der Waals surface area contributed by atoms with Gasteiger partial charge >= 0.3 is 0 Å². The van der Waals surface area contributed by atoms with Crippen LogP contribution in [0.25, 0.3) is 0 Å². The van der Waals surface area contributed by atoms with Gasteiger partial charge in [0, 0.05) is 13.5 Å². The molecule has 0 saturated heterocycles. The second kappa shape index (κ2) is 6.00. The predicted octanol–water partition coefficient (Wildman–Crippen LogP) is 2.04. The van der Waals surface area contributed by atoms with Gasteiger partial charge in [0.2, 0.25) is 0 Å². The highest BCUT2D eigenvalue weighted by Gasteiger charge is 2.25. The van der Waals surface area contributed by atoms with Crippen molar-refractivity contribution in [2.45, 2.75) is 45.8 Å². The van der Waals surface area contributed by atoms with Crippen molar-refractivity contribution in [2.75, 3.05) is 20.2 Å².